The van der Waals surface area contributed by atoms with Gasteiger partial charge in [0.2, 0.25) is 0 Å². The summed E-state index contributed by atoms with van der Waals surface area (Å²) in [6.45, 7) is 3.80. The molecule has 0 bridgehead atoms. The van der Waals surface area contributed by atoms with Gasteiger partial charge in [-0.15, -0.1) is 0 Å². The van der Waals surface area contributed by atoms with Gasteiger partial charge in [0.15, 0.2) is 5.78 Å². The Balaban J connectivity index is 1.52. The van der Waals surface area contributed by atoms with Crippen LogP contribution in [-0.4, -0.2) is 24.0 Å². The number of hydrogen-bond acceptors (Lipinski definition) is 3. The van der Waals surface area contributed by atoms with E-state index in [9.17, 15) is 9.90 Å². The molecule has 0 radical (unpaired) electrons. The summed E-state index contributed by atoms with van der Waals surface area (Å²) in [6.07, 6.45) is 3.27. The van der Waals surface area contributed by atoms with E-state index in [0.29, 0.717) is 6.42 Å². The van der Waals surface area contributed by atoms with E-state index >= 15 is 0 Å². The zero-order valence-corrected chi connectivity index (χ0v) is 18.2. The SMILES string of the molecule is CCCC(=O)c1ccc(N2CCC(C(O)(c3ccccc3)c3ccccc3)CC2)cc1. The number of nitrogens with zero attached hydrogens (tertiary/aromatic N) is 1. The fourth-order valence-electron chi connectivity index (χ4n) is 4.81. The topological polar surface area (TPSA) is 40.5 Å². The maximum atomic E-state index is 12.1. The maximum Gasteiger partial charge on any atom is 0.162 e. The molecule has 0 amide bonds. The Morgan fingerprint density at radius 1 is 0.871 bits per heavy atom. The molecule has 3 nitrogen and oxygen atoms in total. The highest BCUT2D eigenvalue weighted by Crippen LogP contribution is 2.42. The van der Waals surface area contributed by atoms with Crippen molar-refractivity contribution in [2.24, 2.45) is 5.92 Å². The molecule has 160 valence electrons. The van der Waals surface area contributed by atoms with Gasteiger partial charge in [-0.1, -0.05) is 67.6 Å². The van der Waals surface area contributed by atoms with Crippen molar-refractivity contribution in [3.05, 3.63) is 102 Å². The van der Waals surface area contributed by atoms with E-state index in [1.54, 1.807) is 0 Å². The number of aliphatic hydroxyl groups is 1. The molecule has 3 aromatic rings. The summed E-state index contributed by atoms with van der Waals surface area (Å²) in [5, 5.41) is 12.0. The fourth-order valence-corrected chi connectivity index (χ4v) is 4.81. The number of carbonyl (C=O) groups is 1. The quantitative estimate of drug-likeness (QED) is 0.496. The van der Waals surface area contributed by atoms with Crippen LogP contribution in [0.3, 0.4) is 0 Å². The van der Waals surface area contributed by atoms with Crippen LogP contribution in [0.15, 0.2) is 84.9 Å². The normalized spacial score (nSPS) is 15.1. The minimum absolute atomic E-state index is 0.138. The first-order valence-electron chi connectivity index (χ1n) is 11.3. The molecule has 0 saturated carbocycles. The van der Waals surface area contributed by atoms with Crippen molar-refractivity contribution >= 4 is 11.5 Å². The number of anilines is 1. The molecule has 4 rings (SSSR count). The summed E-state index contributed by atoms with van der Waals surface area (Å²) in [7, 11) is 0. The van der Waals surface area contributed by atoms with E-state index in [0.717, 1.165) is 54.7 Å². The van der Waals surface area contributed by atoms with Crippen LogP contribution in [0.2, 0.25) is 0 Å². The van der Waals surface area contributed by atoms with Crippen molar-refractivity contribution in [2.45, 2.75) is 38.2 Å². The molecule has 0 aromatic heterocycles. The molecular weight excluding hydrogens is 382 g/mol. The van der Waals surface area contributed by atoms with Crippen molar-refractivity contribution in [1.82, 2.24) is 0 Å². The van der Waals surface area contributed by atoms with Gasteiger partial charge in [-0.25, -0.2) is 0 Å². The molecular formula is C28H31NO2. The smallest absolute Gasteiger partial charge is 0.162 e. The molecule has 1 aliphatic heterocycles. The van der Waals surface area contributed by atoms with Crippen LogP contribution in [0.5, 0.6) is 0 Å². The molecule has 1 saturated heterocycles. The highest BCUT2D eigenvalue weighted by Gasteiger charge is 2.41. The van der Waals surface area contributed by atoms with Gasteiger partial charge < -0.3 is 10.0 Å². The number of piperidine rings is 1. The van der Waals surface area contributed by atoms with Crippen molar-refractivity contribution < 1.29 is 9.90 Å². The van der Waals surface area contributed by atoms with Crippen molar-refractivity contribution in [2.75, 3.05) is 18.0 Å². The van der Waals surface area contributed by atoms with Gasteiger partial charge >= 0.3 is 0 Å². The van der Waals surface area contributed by atoms with E-state index in [2.05, 4.69) is 17.0 Å². The van der Waals surface area contributed by atoms with Gasteiger partial charge in [0.1, 0.15) is 5.60 Å². The van der Waals surface area contributed by atoms with E-state index in [4.69, 9.17) is 0 Å². The van der Waals surface area contributed by atoms with Gasteiger partial charge in [-0.2, -0.15) is 0 Å². The third kappa shape index (κ3) is 4.42. The Labute approximate surface area is 185 Å². The lowest BCUT2D eigenvalue weighted by Crippen LogP contribution is -2.44. The predicted molar refractivity (Wildman–Crippen MR) is 127 cm³/mol. The zero-order valence-electron chi connectivity index (χ0n) is 18.2. The second-order valence-electron chi connectivity index (χ2n) is 8.48. The molecule has 0 unspecified atom stereocenters. The lowest BCUT2D eigenvalue weighted by Gasteiger charge is -2.43. The van der Waals surface area contributed by atoms with Crippen LogP contribution in [-0.2, 0) is 5.60 Å². The highest BCUT2D eigenvalue weighted by molar-refractivity contribution is 5.96. The minimum Gasteiger partial charge on any atom is -0.380 e. The molecule has 1 N–H and O–H groups in total. The van der Waals surface area contributed by atoms with E-state index in [1.807, 2.05) is 79.7 Å². The number of benzene rings is 3. The van der Waals surface area contributed by atoms with Gasteiger partial charge in [-0.05, 0) is 60.6 Å². The minimum atomic E-state index is -0.995. The van der Waals surface area contributed by atoms with Gasteiger partial charge in [0.05, 0.1) is 0 Å². The summed E-state index contributed by atoms with van der Waals surface area (Å²) in [6, 6.07) is 28.1. The number of ketones is 1. The Hall–Kier alpha value is -2.91. The summed E-state index contributed by atoms with van der Waals surface area (Å²) in [4.78, 5) is 14.5. The van der Waals surface area contributed by atoms with Crippen LogP contribution in [0, 0.1) is 5.92 Å². The predicted octanol–water partition coefficient (Wildman–Crippen LogP) is 5.82. The molecule has 3 heteroatoms. The van der Waals surface area contributed by atoms with E-state index in [-0.39, 0.29) is 11.7 Å². The Kier molecular flexibility index (Phi) is 6.53. The second-order valence-corrected chi connectivity index (χ2v) is 8.48. The van der Waals surface area contributed by atoms with Gasteiger partial charge in [-0.3, -0.25) is 4.79 Å². The van der Waals surface area contributed by atoms with Crippen molar-refractivity contribution in [3.63, 3.8) is 0 Å². The first-order chi connectivity index (χ1) is 15.1. The fraction of sp³-hybridized carbons (Fsp3) is 0.321. The summed E-state index contributed by atoms with van der Waals surface area (Å²) < 4.78 is 0. The number of carbonyl (C=O) groups excluding carboxylic acids is 1. The molecule has 1 heterocycles. The van der Waals surface area contributed by atoms with Gasteiger partial charge in [0, 0.05) is 30.8 Å². The molecule has 0 spiro atoms. The highest BCUT2D eigenvalue weighted by atomic mass is 16.3. The molecule has 1 fully saturated rings. The maximum absolute atomic E-state index is 12.1. The van der Waals surface area contributed by atoms with Gasteiger partial charge in [0.25, 0.3) is 0 Å². The number of hydrogen-bond donors (Lipinski definition) is 1. The molecule has 3 aromatic carbocycles. The first-order valence-corrected chi connectivity index (χ1v) is 11.3. The second kappa shape index (κ2) is 9.49. The third-order valence-corrected chi connectivity index (χ3v) is 6.55. The Morgan fingerprint density at radius 3 is 1.87 bits per heavy atom. The summed E-state index contributed by atoms with van der Waals surface area (Å²) >= 11 is 0. The lowest BCUT2D eigenvalue weighted by molar-refractivity contribution is 0.00505. The first kappa shape index (κ1) is 21.3. The number of rotatable bonds is 7. The van der Waals surface area contributed by atoms with Crippen LogP contribution < -0.4 is 4.90 Å². The molecule has 0 atom stereocenters. The average Bonchev–Trinajstić information content (AvgIpc) is 2.85. The Morgan fingerprint density at radius 2 is 1.39 bits per heavy atom. The average molecular weight is 414 g/mol. The number of Topliss-reactive ketones (excluding diaryl/α,β-unsaturated/α-hetero) is 1. The molecule has 31 heavy (non-hydrogen) atoms. The van der Waals surface area contributed by atoms with Crippen LogP contribution in [0.1, 0.15) is 54.1 Å². The van der Waals surface area contributed by atoms with E-state index in [1.165, 1.54) is 0 Å². The third-order valence-electron chi connectivity index (χ3n) is 6.55. The molecule has 0 aliphatic carbocycles. The summed E-state index contributed by atoms with van der Waals surface area (Å²) in [5.41, 5.74) is 2.86. The van der Waals surface area contributed by atoms with Crippen LogP contribution in [0.25, 0.3) is 0 Å². The zero-order chi connectivity index (χ0) is 21.7. The monoisotopic (exact) mass is 413 g/mol. The largest absolute Gasteiger partial charge is 0.380 e. The van der Waals surface area contributed by atoms with Crippen LogP contribution >= 0.6 is 0 Å². The standard InChI is InChI=1S/C28H31NO2/c1-2-9-27(30)22-14-16-26(17-15-22)29-20-18-25(19-21-29)28(31,23-10-5-3-6-11-23)24-12-7-4-8-13-24/h3-8,10-17,25,31H,2,9,18-21H2,1H3. The van der Waals surface area contributed by atoms with Crippen molar-refractivity contribution in [1.29, 1.82) is 0 Å². The Bertz CT molecular complexity index is 935. The lowest BCUT2D eigenvalue weighted by atomic mass is 9.72. The summed E-state index contributed by atoms with van der Waals surface area (Å²) in [5.74, 6) is 0.350. The van der Waals surface area contributed by atoms with E-state index < -0.39 is 5.60 Å². The molecule has 1 aliphatic rings. The van der Waals surface area contributed by atoms with Crippen molar-refractivity contribution in [3.8, 4) is 0 Å². The van der Waals surface area contributed by atoms with Crippen LogP contribution in [0.4, 0.5) is 5.69 Å².